The molecular formula is C78H141F2N9O. The van der Waals surface area contributed by atoms with Crippen LogP contribution >= 0.6 is 0 Å². The van der Waals surface area contributed by atoms with E-state index in [-0.39, 0.29) is 30.6 Å². The quantitative estimate of drug-likeness (QED) is 0.209. The number of hydrogen-bond donors (Lipinski definition) is 0. The number of nitrogens with zero attached hydrogens (tertiary/aromatic N) is 9. The van der Waals surface area contributed by atoms with Gasteiger partial charge in [-0.25, -0.2) is 8.78 Å². The first-order valence-corrected chi connectivity index (χ1v) is 36.6. The van der Waals surface area contributed by atoms with Crippen LogP contribution in [0.2, 0.25) is 0 Å². The SMILES string of the molecule is CC(C)N1CCC1.CC(C)N1CCCC(F)(F)C1.CC(C)N1CCCC1.CC(C)N1CCCCC1.CC(C)N1CCc2ccccc21.CC(C)N1Cc2ccccc2C1.CC(C)n1ccccc1=O.CC1CC(C)CN(C(C)C)C1.CC1CCN(C(C)C)CC1. The van der Waals surface area contributed by atoms with Gasteiger partial charge < -0.3 is 34.0 Å². The zero-order valence-electron chi connectivity index (χ0n) is 62.1. The van der Waals surface area contributed by atoms with E-state index in [0.29, 0.717) is 18.5 Å². The minimum absolute atomic E-state index is 0.0509. The Morgan fingerprint density at radius 2 is 0.789 bits per heavy atom. The van der Waals surface area contributed by atoms with Crippen molar-refractivity contribution >= 4 is 5.69 Å². The molecule has 0 bridgehead atoms. The lowest BCUT2D eigenvalue weighted by Crippen LogP contribution is -2.45. The molecule has 0 N–H and O–H groups in total. The fourth-order valence-corrected chi connectivity index (χ4v) is 13.2. The standard InChI is InChI=1S/2C11H15N.C10H21N.C9H19N.C8H15F2N.C8H11NO.C8H17N.C7H15N.C6H13N/c1-9(2)12-7-10-5-3-4-6-11(10)8-12;1-9(2)12-8-7-10-5-3-4-6-11(10)12;1-8(2)11-6-9(3)5-10(4)7-11;1-8(2)10-6-4-9(3)5-7-10;1-7(2)11-5-3-4-8(9,10)6-11;1-7(2)9-6-4-3-5-8(9)10;1-8(2)9-6-4-3-5-7-9;1-7(2)8-5-3-4-6-8;1-6(2)7-4-3-5-7/h2*3-6,9H,7-8H2,1-2H3;8-10H,5-7H2,1-4H3;8-9H,4-7H2,1-3H3;7H,3-6H2,1-2H3;3-7H,1-2H3;8H,3-7H2,1-2H3;7H,3-6H2,1-2H3;6H,3-5H2,1-2H3. The number of halogens is 2. The lowest BCUT2D eigenvalue weighted by molar-refractivity contribution is -0.0715. The van der Waals surface area contributed by atoms with Crippen molar-refractivity contribution in [3.63, 3.8) is 0 Å². The molecule has 0 aliphatic carbocycles. The topological polar surface area (TPSA) is 47.9 Å². The van der Waals surface area contributed by atoms with Crippen molar-refractivity contribution in [1.82, 2.24) is 38.9 Å². The fourth-order valence-electron chi connectivity index (χ4n) is 13.2. The number of alkyl halides is 2. The van der Waals surface area contributed by atoms with Gasteiger partial charge in [0.15, 0.2) is 0 Å². The van der Waals surface area contributed by atoms with Crippen molar-refractivity contribution in [2.75, 3.05) is 90.0 Å². The Bertz CT molecular complexity index is 2300. The monoisotopic (exact) mass is 1260 g/mol. The minimum Gasteiger partial charge on any atom is -0.369 e. The van der Waals surface area contributed by atoms with Crippen molar-refractivity contribution < 1.29 is 8.78 Å². The van der Waals surface area contributed by atoms with Crippen molar-refractivity contribution in [2.45, 2.75) is 296 Å². The Morgan fingerprint density at radius 3 is 1.16 bits per heavy atom. The molecule has 10 nitrogen and oxygen atoms in total. The summed E-state index contributed by atoms with van der Waals surface area (Å²) >= 11 is 0. The van der Waals surface area contributed by atoms with E-state index in [1.807, 2.05) is 38.7 Å². The van der Waals surface area contributed by atoms with E-state index in [2.05, 4.69) is 201 Å². The Morgan fingerprint density at radius 1 is 0.389 bits per heavy atom. The predicted octanol–water partition coefficient (Wildman–Crippen LogP) is 17.4. The highest BCUT2D eigenvalue weighted by atomic mass is 19.3. The van der Waals surface area contributed by atoms with Crippen LogP contribution in [0.4, 0.5) is 14.5 Å². The maximum absolute atomic E-state index is 12.8. The van der Waals surface area contributed by atoms with E-state index in [4.69, 9.17) is 0 Å². The van der Waals surface area contributed by atoms with Gasteiger partial charge in [0.25, 0.3) is 11.5 Å². The van der Waals surface area contributed by atoms with Crippen molar-refractivity contribution in [3.8, 4) is 0 Å². The molecule has 9 heterocycles. The second-order valence-corrected chi connectivity index (χ2v) is 30.3. The Hall–Kier alpha value is -3.23. The second kappa shape index (κ2) is 43.0. The van der Waals surface area contributed by atoms with Gasteiger partial charge in [-0.05, 0) is 294 Å². The average molecular weight is 1260 g/mol. The van der Waals surface area contributed by atoms with E-state index in [1.54, 1.807) is 22.9 Å². The van der Waals surface area contributed by atoms with E-state index in [9.17, 15) is 13.6 Å². The van der Waals surface area contributed by atoms with Gasteiger partial charge in [-0.3, -0.25) is 14.6 Å². The Labute approximate surface area is 554 Å². The third kappa shape index (κ3) is 31.3. The van der Waals surface area contributed by atoms with Crippen LogP contribution in [0.15, 0.2) is 77.7 Å². The highest BCUT2D eigenvalue weighted by Crippen LogP contribution is 2.30. The van der Waals surface area contributed by atoms with Gasteiger partial charge in [-0.1, -0.05) is 75.7 Å². The minimum atomic E-state index is -2.44. The van der Waals surface area contributed by atoms with Crippen LogP contribution in [0.5, 0.6) is 0 Å². The van der Waals surface area contributed by atoms with Crippen LogP contribution < -0.4 is 10.5 Å². The summed E-state index contributed by atoms with van der Waals surface area (Å²) in [4.78, 5) is 30.5. The van der Waals surface area contributed by atoms with Crippen LogP contribution in [0.25, 0.3) is 0 Å². The molecule has 6 saturated heterocycles. The predicted molar refractivity (Wildman–Crippen MR) is 388 cm³/mol. The first-order chi connectivity index (χ1) is 42.5. The van der Waals surface area contributed by atoms with E-state index in [1.165, 1.54) is 159 Å². The Balaban J connectivity index is 0.000000266. The molecule has 0 amide bonds. The zero-order valence-corrected chi connectivity index (χ0v) is 62.1. The number of rotatable bonds is 9. The van der Waals surface area contributed by atoms with Gasteiger partial charge in [0.1, 0.15) is 0 Å². The van der Waals surface area contributed by atoms with Gasteiger partial charge >= 0.3 is 0 Å². The van der Waals surface area contributed by atoms with Gasteiger partial charge in [-0.2, -0.15) is 0 Å². The number of hydrogen-bond acceptors (Lipinski definition) is 9. The molecule has 2 aromatic carbocycles. The molecule has 8 aliphatic rings. The van der Waals surface area contributed by atoms with Crippen molar-refractivity contribution in [3.05, 3.63) is 100.0 Å². The number of anilines is 1. The highest BCUT2D eigenvalue weighted by molar-refractivity contribution is 5.58. The molecule has 90 heavy (non-hydrogen) atoms. The molecule has 2 unspecified atom stereocenters. The fraction of sp³-hybridized carbons (Fsp3) is 0.782. The maximum atomic E-state index is 12.8. The van der Waals surface area contributed by atoms with Crippen LogP contribution in [0.1, 0.15) is 239 Å². The van der Waals surface area contributed by atoms with E-state index < -0.39 is 5.92 Å². The van der Waals surface area contributed by atoms with Crippen LogP contribution in [-0.2, 0) is 19.5 Å². The maximum Gasteiger partial charge on any atom is 0.260 e. The summed E-state index contributed by atoms with van der Waals surface area (Å²) in [6, 6.07) is 28.2. The number of benzene rings is 2. The summed E-state index contributed by atoms with van der Waals surface area (Å²) in [5, 5.41) is 0. The third-order valence-electron chi connectivity index (χ3n) is 19.5. The number of fused-ring (bicyclic) bond motifs is 2. The lowest BCUT2D eigenvalue weighted by atomic mass is 9.91. The van der Waals surface area contributed by atoms with Gasteiger partial charge in [0, 0.05) is 111 Å². The molecular weight excluding hydrogens is 1120 g/mol. The normalized spacial score (nSPS) is 21.6. The summed E-state index contributed by atoms with van der Waals surface area (Å²) in [5.74, 6) is 0.333. The molecule has 6 fully saturated rings. The van der Waals surface area contributed by atoms with E-state index >= 15 is 0 Å². The average Bonchev–Trinajstić information content (AvgIpc) is 1.92. The molecule has 12 heteroatoms. The third-order valence-corrected chi connectivity index (χ3v) is 19.5. The first kappa shape index (κ1) is 81.0. The van der Waals surface area contributed by atoms with Gasteiger partial charge in [0.2, 0.25) is 0 Å². The second-order valence-electron chi connectivity index (χ2n) is 30.3. The molecule has 3 aromatic rings. The summed E-state index contributed by atoms with van der Waals surface area (Å²) in [6.07, 6.45) is 16.5. The van der Waals surface area contributed by atoms with Crippen molar-refractivity contribution in [2.24, 2.45) is 17.8 Å². The van der Waals surface area contributed by atoms with Crippen LogP contribution in [0.3, 0.4) is 0 Å². The smallest absolute Gasteiger partial charge is 0.260 e. The largest absolute Gasteiger partial charge is 0.369 e. The number of pyridine rings is 1. The summed E-state index contributed by atoms with van der Waals surface area (Å²) in [5.41, 5.74) is 6.02. The van der Waals surface area contributed by atoms with Gasteiger partial charge in [0.05, 0.1) is 6.54 Å². The molecule has 11 rings (SSSR count). The number of likely N-dealkylation sites (tertiary alicyclic amines) is 6. The molecule has 0 spiro atoms. The molecule has 1 aromatic heterocycles. The molecule has 0 radical (unpaired) electrons. The number of piperidine rings is 4. The first-order valence-electron chi connectivity index (χ1n) is 36.6. The molecule has 518 valence electrons. The Kier molecular flexibility index (Phi) is 38.7. The zero-order chi connectivity index (χ0) is 67.1. The van der Waals surface area contributed by atoms with Gasteiger partial charge in [-0.15, -0.1) is 0 Å². The molecule has 8 aliphatic heterocycles. The lowest BCUT2D eigenvalue weighted by Gasteiger charge is -2.37. The molecule has 0 saturated carbocycles. The van der Waals surface area contributed by atoms with E-state index in [0.717, 1.165) is 67.6 Å². The summed E-state index contributed by atoms with van der Waals surface area (Å²) in [7, 11) is 0. The molecule has 2 atom stereocenters. The van der Waals surface area contributed by atoms with Crippen molar-refractivity contribution in [1.29, 1.82) is 0 Å². The summed E-state index contributed by atoms with van der Waals surface area (Å²) < 4.78 is 27.2. The highest BCUT2D eigenvalue weighted by Gasteiger charge is 2.36. The van der Waals surface area contributed by atoms with Crippen LogP contribution in [-0.4, -0.2) is 178 Å². The number of aromatic nitrogens is 1. The van der Waals surface area contributed by atoms with Crippen LogP contribution in [0, 0.1) is 17.8 Å². The summed E-state index contributed by atoms with van der Waals surface area (Å²) in [6.45, 7) is 64.2. The number of para-hydroxylation sites is 1.